The largest absolute Gasteiger partial charge is 0.502 e. The number of halogens is 1. The predicted octanol–water partition coefficient (Wildman–Crippen LogP) is 3.09. The Bertz CT molecular complexity index is 1020. The minimum absolute atomic E-state index is 0.0867. The maximum atomic E-state index is 13.8. The van der Waals surface area contributed by atoms with Gasteiger partial charge >= 0.3 is 0 Å². The number of amides is 2. The van der Waals surface area contributed by atoms with Crippen LogP contribution in [-0.4, -0.2) is 40.5 Å². The minimum Gasteiger partial charge on any atom is -0.502 e. The molecule has 0 radical (unpaired) electrons. The van der Waals surface area contributed by atoms with Gasteiger partial charge in [0.2, 0.25) is 5.75 Å². The lowest BCUT2D eigenvalue weighted by molar-refractivity contribution is -0.123. The van der Waals surface area contributed by atoms with Gasteiger partial charge in [0.25, 0.3) is 11.8 Å². The van der Waals surface area contributed by atoms with Gasteiger partial charge in [-0.1, -0.05) is 23.9 Å². The highest BCUT2D eigenvalue weighted by molar-refractivity contribution is 8.26. The molecule has 3 rings (SSSR count). The quantitative estimate of drug-likeness (QED) is 0.552. The van der Waals surface area contributed by atoms with E-state index in [-0.39, 0.29) is 32.0 Å². The molecular formula is C19H15FN2O5S2. The Labute approximate surface area is 175 Å². The molecule has 1 aliphatic rings. The van der Waals surface area contributed by atoms with Crippen molar-refractivity contribution in [2.75, 3.05) is 14.2 Å². The molecule has 10 heteroatoms. The van der Waals surface area contributed by atoms with Gasteiger partial charge in [-0.25, -0.2) is 4.39 Å². The topological polar surface area (TPSA) is 88.1 Å². The van der Waals surface area contributed by atoms with E-state index in [2.05, 4.69) is 5.43 Å². The Balaban J connectivity index is 1.85. The van der Waals surface area contributed by atoms with E-state index in [1.807, 2.05) is 0 Å². The molecule has 2 N–H and O–H groups in total. The molecule has 0 aromatic heterocycles. The number of aromatic hydroxyl groups is 1. The lowest BCUT2D eigenvalue weighted by Crippen LogP contribution is -2.45. The number of hydrazine groups is 1. The van der Waals surface area contributed by atoms with Gasteiger partial charge in [-0.3, -0.25) is 15.0 Å². The molecule has 1 heterocycles. The van der Waals surface area contributed by atoms with Gasteiger partial charge in [-0.05, 0) is 48.1 Å². The first-order chi connectivity index (χ1) is 13.8. The summed E-state index contributed by atoms with van der Waals surface area (Å²) < 4.78 is 24.1. The van der Waals surface area contributed by atoms with Gasteiger partial charge in [-0.15, -0.1) is 0 Å². The summed E-state index contributed by atoms with van der Waals surface area (Å²) in [4.78, 5) is 25.2. The fourth-order valence-corrected chi connectivity index (χ4v) is 3.70. The minimum atomic E-state index is -0.798. The third-order valence-corrected chi connectivity index (χ3v) is 5.23. The number of rotatable bonds is 5. The van der Waals surface area contributed by atoms with E-state index in [4.69, 9.17) is 21.7 Å². The molecule has 0 atom stereocenters. The fourth-order valence-electron chi connectivity index (χ4n) is 2.52. The summed E-state index contributed by atoms with van der Waals surface area (Å²) >= 11 is 6.12. The lowest BCUT2D eigenvalue weighted by Gasteiger charge is -2.15. The molecule has 1 aliphatic heterocycles. The summed E-state index contributed by atoms with van der Waals surface area (Å²) in [6.07, 6.45) is 1.51. The SMILES string of the molecule is COc1cc(/C=C2\SC(=S)N(NC(=O)c3ccccc3F)C2=O)cc(OC)c1O. The number of thioether (sulfide) groups is 1. The molecule has 2 amide bonds. The Morgan fingerprint density at radius 3 is 2.45 bits per heavy atom. The van der Waals surface area contributed by atoms with Gasteiger partial charge in [-0.2, -0.15) is 5.01 Å². The Morgan fingerprint density at radius 1 is 1.24 bits per heavy atom. The van der Waals surface area contributed by atoms with Gasteiger partial charge in [0.05, 0.1) is 24.7 Å². The summed E-state index contributed by atoms with van der Waals surface area (Å²) in [6.45, 7) is 0. The number of phenolic OH excluding ortho intramolecular Hbond substituents is 1. The summed E-state index contributed by atoms with van der Waals surface area (Å²) in [5.41, 5.74) is 2.62. The van der Waals surface area contributed by atoms with Crippen molar-refractivity contribution in [3.05, 3.63) is 58.2 Å². The molecule has 7 nitrogen and oxygen atoms in total. The Hall–Kier alpha value is -3.11. The highest BCUT2D eigenvalue weighted by Crippen LogP contribution is 2.39. The fraction of sp³-hybridized carbons (Fsp3) is 0.105. The van der Waals surface area contributed by atoms with Crippen LogP contribution < -0.4 is 14.9 Å². The zero-order valence-electron chi connectivity index (χ0n) is 15.3. The second kappa shape index (κ2) is 8.50. The average molecular weight is 434 g/mol. The van der Waals surface area contributed by atoms with Crippen LogP contribution in [0.25, 0.3) is 6.08 Å². The van der Waals surface area contributed by atoms with Crippen molar-refractivity contribution in [2.45, 2.75) is 0 Å². The van der Waals surface area contributed by atoms with Crippen molar-refractivity contribution < 1.29 is 28.6 Å². The van der Waals surface area contributed by atoms with E-state index in [0.717, 1.165) is 22.8 Å². The second-order valence-electron chi connectivity index (χ2n) is 5.71. The van der Waals surface area contributed by atoms with Crippen LogP contribution in [-0.2, 0) is 4.79 Å². The van der Waals surface area contributed by atoms with Crippen LogP contribution in [0, 0.1) is 5.82 Å². The van der Waals surface area contributed by atoms with E-state index >= 15 is 0 Å². The molecule has 2 aromatic rings. The van der Waals surface area contributed by atoms with Crippen LogP contribution in [0.4, 0.5) is 4.39 Å². The molecule has 0 saturated carbocycles. The second-order valence-corrected chi connectivity index (χ2v) is 7.39. The van der Waals surface area contributed by atoms with Crippen molar-refractivity contribution in [3.63, 3.8) is 0 Å². The smallest absolute Gasteiger partial charge is 0.285 e. The monoisotopic (exact) mass is 434 g/mol. The maximum Gasteiger partial charge on any atom is 0.285 e. The van der Waals surface area contributed by atoms with Gasteiger partial charge < -0.3 is 14.6 Å². The van der Waals surface area contributed by atoms with Crippen LogP contribution in [0.15, 0.2) is 41.3 Å². The first kappa shape index (κ1) is 20.6. The summed E-state index contributed by atoms with van der Waals surface area (Å²) in [5.74, 6) is -1.92. The van der Waals surface area contributed by atoms with Crippen LogP contribution in [0.1, 0.15) is 15.9 Å². The number of hydrogen-bond acceptors (Lipinski definition) is 7. The number of carbonyl (C=O) groups excluding carboxylic acids is 2. The van der Waals surface area contributed by atoms with Gasteiger partial charge in [0, 0.05) is 0 Å². The molecule has 29 heavy (non-hydrogen) atoms. The molecule has 2 aromatic carbocycles. The van der Waals surface area contributed by atoms with Crippen LogP contribution in [0.2, 0.25) is 0 Å². The zero-order chi connectivity index (χ0) is 21.1. The Kier molecular flexibility index (Phi) is 6.04. The van der Waals surface area contributed by atoms with E-state index in [1.165, 1.54) is 50.6 Å². The highest BCUT2D eigenvalue weighted by atomic mass is 32.2. The summed E-state index contributed by atoms with van der Waals surface area (Å²) in [5, 5.41) is 10.9. The number of carbonyl (C=O) groups is 2. The number of phenols is 1. The third kappa shape index (κ3) is 4.17. The number of methoxy groups -OCH3 is 2. The van der Waals surface area contributed by atoms with E-state index in [9.17, 15) is 19.1 Å². The van der Waals surface area contributed by atoms with Crippen molar-refractivity contribution in [1.29, 1.82) is 0 Å². The normalized spacial score (nSPS) is 15.0. The molecule has 1 fully saturated rings. The summed E-state index contributed by atoms with van der Waals surface area (Å²) in [6, 6.07) is 8.44. The number of hydrogen-bond donors (Lipinski definition) is 2. The number of ether oxygens (including phenoxy) is 2. The predicted molar refractivity (Wildman–Crippen MR) is 110 cm³/mol. The molecule has 1 saturated heterocycles. The maximum absolute atomic E-state index is 13.8. The van der Waals surface area contributed by atoms with Crippen LogP contribution in [0.5, 0.6) is 17.2 Å². The number of thiocarbonyl (C=S) groups is 1. The van der Waals surface area contributed by atoms with E-state index < -0.39 is 17.6 Å². The molecule has 0 unspecified atom stereocenters. The summed E-state index contributed by atoms with van der Waals surface area (Å²) in [7, 11) is 2.77. The molecule has 0 bridgehead atoms. The molecule has 0 aliphatic carbocycles. The van der Waals surface area contributed by atoms with Crippen molar-refractivity contribution >= 4 is 46.2 Å². The third-order valence-electron chi connectivity index (χ3n) is 3.93. The number of benzene rings is 2. The zero-order valence-corrected chi connectivity index (χ0v) is 16.9. The standard InChI is InChI=1S/C19H15FN2O5S2/c1-26-13-7-10(8-14(27-2)16(13)23)9-15-18(25)22(19(28)29-15)21-17(24)11-5-3-4-6-12(11)20/h3-9,23H,1-2H3,(H,21,24)/b15-9-. The molecule has 0 spiro atoms. The van der Waals surface area contributed by atoms with Crippen molar-refractivity contribution in [1.82, 2.24) is 10.4 Å². The van der Waals surface area contributed by atoms with E-state index in [0.29, 0.717) is 5.56 Å². The van der Waals surface area contributed by atoms with Crippen LogP contribution >= 0.6 is 24.0 Å². The molecular weight excluding hydrogens is 419 g/mol. The van der Waals surface area contributed by atoms with Crippen molar-refractivity contribution in [2.24, 2.45) is 0 Å². The number of nitrogens with zero attached hydrogens (tertiary/aromatic N) is 1. The van der Waals surface area contributed by atoms with Crippen molar-refractivity contribution in [3.8, 4) is 17.2 Å². The van der Waals surface area contributed by atoms with Gasteiger partial charge in [0.15, 0.2) is 15.8 Å². The first-order valence-electron chi connectivity index (χ1n) is 8.14. The number of nitrogens with one attached hydrogen (secondary N) is 1. The average Bonchev–Trinajstić information content (AvgIpc) is 2.96. The Morgan fingerprint density at radius 2 is 1.86 bits per heavy atom. The van der Waals surface area contributed by atoms with E-state index in [1.54, 1.807) is 0 Å². The lowest BCUT2D eigenvalue weighted by atomic mass is 10.1. The molecule has 150 valence electrons. The van der Waals surface area contributed by atoms with Gasteiger partial charge in [0.1, 0.15) is 5.82 Å². The highest BCUT2D eigenvalue weighted by Gasteiger charge is 2.34. The first-order valence-corrected chi connectivity index (χ1v) is 9.36. The van der Waals surface area contributed by atoms with Crippen LogP contribution in [0.3, 0.4) is 0 Å².